The molecule has 0 spiro atoms. The van der Waals surface area contributed by atoms with Gasteiger partial charge in [0.25, 0.3) is 5.91 Å². The van der Waals surface area contributed by atoms with E-state index in [1.807, 2.05) is 13.8 Å². The molecule has 0 aromatic carbocycles. The first-order valence-electron chi connectivity index (χ1n) is 6.52. The van der Waals surface area contributed by atoms with Gasteiger partial charge in [-0.15, -0.1) is 0 Å². The molecule has 0 radical (unpaired) electrons. The van der Waals surface area contributed by atoms with Gasteiger partial charge in [-0.2, -0.15) is 5.10 Å². The Hall–Kier alpha value is -1.36. The number of piperidine rings is 1. The first-order chi connectivity index (χ1) is 8.52. The van der Waals surface area contributed by atoms with Crippen LogP contribution in [0.25, 0.3) is 0 Å². The fraction of sp³-hybridized carbons (Fsp3) is 0.692. The molecule has 1 aliphatic rings. The van der Waals surface area contributed by atoms with Crippen LogP contribution in [0.5, 0.6) is 0 Å². The van der Waals surface area contributed by atoms with Crippen molar-refractivity contribution in [3.8, 4) is 0 Å². The van der Waals surface area contributed by atoms with E-state index in [0.717, 1.165) is 30.9 Å². The number of carbonyl (C=O) groups is 1. The summed E-state index contributed by atoms with van der Waals surface area (Å²) >= 11 is 0. The third-order valence-corrected chi connectivity index (χ3v) is 3.72. The summed E-state index contributed by atoms with van der Waals surface area (Å²) in [4.78, 5) is 12.1. The van der Waals surface area contributed by atoms with Gasteiger partial charge in [-0.05, 0) is 38.6 Å². The second-order valence-corrected chi connectivity index (χ2v) is 5.58. The van der Waals surface area contributed by atoms with E-state index < -0.39 is 0 Å². The van der Waals surface area contributed by atoms with Crippen LogP contribution < -0.4 is 10.6 Å². The lowest BCUT2D eigenvalue weighted by molar-refractivity contribution is 0.0923. The number of aromatic nitrogens is 2. The van der Waals surface area contributed by atoms with Crippen molar-refractivity contribution in [3.05, 3.63) is 17.0 Å². The minimum absolute atomic E-state index is 0.0226. The van der Waals surface area contributed by atoms with Crippen LogP contribution in [0.2, 0.25) is 0 Å². The van der Waals surface area contributed by atoms with E-state index in [1.165, 1.54) is 6.42 Å². The highest BCUT2D eigenvalue weighted by molar-refractivity contribution is 5.96. The Morgan fingerprint density at radius 3 is 2.83 bits per heavy atom. The van der Waals surface area contributed by atoms with Crippen LogP contribution in [0.1, 0.15) is 41.5 Å². The fourth-order valence-corrected chi connectivity index (χ4v) is 2.54. The monoisotopic (exact) mass is 250 g/mol. The van der Waals surface area contributed by atoms with Crippen LogP contribution in [0.4, 0.5) is 0 Å². The molecule has 2 heterocycles. The van der Waals surface area contributed by atoms with Gasteiger partial charge in [0.15, 0.2) is 0 Å². The first kappa shape index (κ1) is 13.1. The molecule has 5 nitrogen and oxygen atoms in total. The molecule has 1 amide bonds. The summed E-state index contributed by atoms with van der Waals surface area (Å²) in [5, 5.41) is 13.3. The summed E-state index contributed by atoms with van der Waals surface area (Å²) < 4.78 is 0. The summed E-state index contributed by atoms with van der Waals surface area (Å²) in [6.07, 6.45) is 2.33. The van der Waals surface area contributed by atoms with Crippen molar-refractivity contribution in [2.45, 2.75) is 33.6 Å². The van der Waals surface area contributed by atoms with Gasteiger partial charge in [-0.1, -0.05) is 6.92 Å². The number of amides is 1. The Balaban J connectivity index is 1.96. The largest absolute Gasteiger partial charge is 0.351 e. The summed E-state index contributed by atoms with van der Waals surface area (Å²) in [7, 11) is 0. The Bertz CT molecular complexity index is 413. The molecule has 18 heavy (non-hydrogen) atoms. The van der Waals surface area contributed by atoms with E-state index in [1.54, 1.807) is 0 Å². The summed E-state index contributed by atoms with van der Waals surface area (Å²) in [5.41, 5.74) is 2.44. The highest BCUT2D eigenvalue weighted by Crippen LogP contribution is 2.24. The van der Waals surface area contributed by atoms with Crippen molar-refractivity contribution in [3.63, 3.8) is 0 Å². The maximum atomic E-state index is 12.1. The quantitative estimate of drug-likeness (QED) is 0.753. The average molecular weight is 250 g/mol. The van der Waals surface area contributed by atoms with Crippen LogP contribution >= 0.6 is 0 Å². The van der Waals surface area contributed by atoms with Crippen molar-refractivity contribution < 1.29 is 4.79 Å². The third kappa shape index (κ3) is 2.72. The Kier molecular flexibility index (Phi) is 3.71. The van der Waals surface area contributed by atoms with Crippen LogP contribution in [0.3, 0.4) is 0 Å². The maximum Gasteiger partial charge on any atom is 0.255 e. The third-order valence-electron chi connectivity index (χ3n) is 3.72. The molecule has 1 atom stereocenters. The van der Waals surface area contributed by atoms with Crippen molar-refractivity contribution in [1.82, 2.24) is 20.8 Å². The van der Waals surface area contributed by atoms with Crippen LogP contribution in [0, 0.1) is 19.3 Å². The standard InChI is InChI=1S/C13H22N4O/c1-9-11(10(2)17-16-9)12(18)15-8-13(3)5-4-6-14-7-13/h14H,4-8H2,1-3H3,(H,15,18)(H,16,17). The smallest absolute Gasteiger partial charge is 0.255 e. The number of carbonyl (C=O) groups excluding carboxylic acids is 1. The molecule has 3 N–H and O–H groups in total. The van der Waals surface area contributed by atoms with E-state index in [9.17, 15) is 4.79 Å². The lowest BCUT2D eigenvalue weighted by Crippen LogP contribution is -2.45. The number of aromatic amines is 1. The number of nitrogens with one attached hydrogen (secondary N) is 3. The normalized spacial score (nSPS) is 23.9. The highest BCUT2D eigenvalue weighted by Gasteiger charge is 2.27. The number of hydrogen-bond donors (Lipinski definition) is 3. The minimum atomic E-state index is -0.0226. The lowest BCUT2D eigenvalue weighted by Gasteiger charge is -2.34. The molecule has 0 saturated carbocycles. The second kappa shape index (κ2) is 5.10. The van der Waals surface area contributed by atoms with Crippen LogP contribution in [0.15, 0.2) is 0 Å². The highest BCUT2D eigenvalue weighted by atomic mass is 16.1. The van der Waals surface area contributed by atoms with Crippen molar-refractivity contribution in [1.29, 1.82) is 0 Å². The molecule has 1 aliphatic heterocycles. The molecule has 0 bridgehead atoms. The van der Waals surface area contributed by atoms with E-state index in [4.69, 9.17) is 0 Å². The van der Waals surface area contributed by atoms with Crippen LogP contribution in [-0.4, -0.2) is 35.7 Å². The summed E-state index contributed by atoms with van der Waals surface area (Å²) in [6, 6.07) is 0. The number of H-pyrrole nitrogens is 1. The maximum absolute atomic E-state index is 12.1. The van der Waals surface area contributed by atoms with Gasteiger partial charge in [0.05, 0.1) is 11.3 Å². The van der Waals surface area contributed by atoms with Gasteiger partial charge in [-0.25, -0.2) is 0 Å². The Morgan fingerprint density at radius 1 is 1.50 bits per heavy atom. The average Bonchev–Trinajstić information content (AvgIpc) is 2.67. The van der Waals surface area contributed by atoms with Gasteiger partial charge in [0.1, 0.15) is 0 Å². The molecule has 100 valence electrons. The SMILES string of the molecule is Cc1n[nH]c(C)c1C(=O)NCC1(C)CCCNC1. The molecule has 1 aromatic rings. The Morgan fingerprint density at radius 2 is 2.28 bits per heavy atom. The predicted octanol–water partition coefficient (Wildman–Crippen LogP) is 1.15. The van der Waals surface area contributed by atoms with Crippen LogP contribution in [-0.2, 0) is 0 Å². The zero-order valence-electron chi connectivity index (χ0n) is 11.4. The summed E-state index contributed by atoms with van der Waals surface area (Å²) in [5.74, 6) is -0.0226. The molecule has 1 saturated heterocycles. The van der Waals surface area contributed by atoms with Crippen molar-refractivity contribution in [2.24, 2.45) is 5.41 Å². The van der Waals surface area contributed by atoms with Gasteiger partial charge in [0.2, 0.25) is 0 Å². The van der Waals surface area contributed by atoms with E-state index >= 15 is 0 Å². The minimum Gasteiger partial charge on any atom is -0.351 e. The van der Waals surface area contributed by atoms with E-state index in [2.05, 4.69) is 27.8 Å². The zero-order chi connectivity index (χ0) is 13.2. The van der Waals surface area contributed by atoms with Gasteiger partial charge >= 0.3 is 0 Å². The fourth-order valence-electron chi connectivity index (χ4n) is 2.54. The number of aryl methyl sites for hydroxylation is 2. The molecule has 1 aromatic heterocycles. The first-order valence-corrected chi connectivity index (χ1v) is 6.52. The van der Waals surface area contributed by atoms with E-state index in [-0.39, 0.29) is 11.3 Å². The van der Waals surface area contributed by atoms with Gasteiger partial charge < -0.3 is 10.6 Å². The molecule has 2 rings (SSSR count). The molecule has 1 unspecified atom stereocenters. The molecule has 1 fully saturated rings. The number of hydrogen-bond acceptors (Lipinski definition) is 3. The Labute approximate surface area is 108 Å². The van der Waals surface area contributed by atoms with Gasteiger partial charge in [0, 0.05) is 18.8 Å². The molecule has 5 heteroatoms. The lowest BCUT2D eigenvalue weighted by atomic mass is 9.83. The molecular weight excluding hydrogens is 228 g/mol. The van der Waals surface area contributed by atoms with Crippen molar-refractivity contribution in [2.75, 3.05) is 19.6 Å². The number of nitrogens with zero attached hydrogens (tertiary/aromatic N) is 1. The summed E-state index contributed by atoms with van der Waals surface area (Å²) in [6.45, 7) is 8.71. The van der Waals surface area contributed by atoms with Crippen molar-refractivity contribution >= 4 is 5.91 Å². The predicted molar refractivity (Wildman–Crippen MR) is 70.6 cm³/mol. The molecule has 0 aliphatic carbocycles. The van der Waals surface area contributed by atoms with Gasteiger partial charge in [-0.3, -0.25) is 9.89 Å². The topological polar surface area (TPSA) is 69.8 Å². The molecular formula is C13H22N4O. The zero-order valence-corrected chi connectivity index (χ0v) is 11.4. The van der Waals surface area contributed by atoms with E-state index in [0.29, 0.717) is 12.1 Å². The number of rotatable bonds is 3. The second-order valence-electron chi connectivity index (χ2n) is 5.58.